The summed E-state index contributed by atoms with van der Waals surface area (Å²) in [5.74, 6) is 0.102. The van der Waals surface area contributed by atoms with Gasteiger partial charge in [-0.15, -0.1) is 0 Å². The smallest absolute Gasteiger partial charge is 0.410 e. The minimum Gasteiger partial charge on any atom is -0.444 e. The standard InChI is InChI=1S/C18H35N3O3/c1-7-20(8-2)14(3)13-19-16(22)15-9-11-21(12-10-15)17(23)24-18(4,5)6/h14-15H,7-13H2,1-6H3,(H,19,22). The molecule has 0 aromatic carbocycles. The zero-order valence-corrected chi connectivity index (χ0v) is 16.2. The molecule has 0 aromatic rings. The van der Waals surface area contributed by atoms with Gasteiger partial charge in [-0.1, -0.05) is 13.8 Å². The predicted molar refractivity (Wildman–Crippen MR) is 95.9 cm³/mol. The van der Waals surface area contributed by atoms with Crippen LogP contribution >= 0.6 is 0 Å². The number of ether oxygens (including phenoxy) is 1. The van der Waals surface area contributed by atoms with E-state index in [-0.39, 0.29) is 17.9 Å². The fourth-order valence-electron chi connectivity index (χ4n) is 3.02. The third-order valence-electron chi connectivity index (χ3n) is 4.52. The largest absolute Gasteiger partial charge is 0.444 e. The molecule has 1 fully saturated rings. The van der Waals surface area contributed by atoms with Crippen molar-refractivity contribution in [1.82, 2.24) is 15.1 Å². The fraction of sp³-hybridized carbons (Fsp3) is 0.889. The van der Waals surface area contributed by atoms with E-state index in [1.807, 2.05) is 20.8 Å². The number of nitrogens with one attached hydrogen (secondary N) is 1. The molecule has 1 unspecified atom stereocenters. The highest BCUT2D eigenvalue weighted by molar-refractivity contribution is 5.79. The van der Waals surface area contributed by atoms with Crippen molar-refractivity contribution in [2.24, 2.45) is 5.92 Å². The number of amides is 2. The number of carbonyl (C=O) groups is 2. The Balaban J connectivity index is 2.36. The molecule has 0 aromatic heterocycles. The van der Waals surface area contributed by atoms with E-state index in [9.17, 15) is 9.59 Å². The second-order valence-electron chi connectivity index (χ2n) is 7.56. The van der Waals surface area contributed by atoms with E-state index >= 15 is 0 Å². The van der Waals surface area contributed by atoms with E-state index in [1.54, 1.807) is 4.90 Å². The zero-order valence-electron chi connectivity index (χ0n) is 16.2. The van der Waals surface area contributed by atoms with Crippen molar-refractivity contribution in [2.45, 2.75) is 66.0 Å². The van der Waals surface area contributed by atoms with Crippen LogP contribution in [0.2, 0.25) is 0 Å². The molecule has 1 saturated heterocycles. The number of likely N-dealkylation sites (N-methyl/N-ethyl adjacent to an activating group) is 1. The Morgan fingerprint density at radius 3 is 2.21 bits per heavy atom. The molecule has 6 heteroatoms. The van der Waals surface area contributed by atoms with Crippen molar-refractivity contribution in [3.05, 3.63) is 0 Å². The minimum absolute atomic E-state index is 0.00686. The molecule has 0 bridgehead atoms. The quantitative estimate of drug-likeness (QED) is 0.806. The van der Waals surface area contributed by atoms with Crippen molar-refractivity contribution >= 4 is 12.0 Å². The van der Waals surface area contributed by atoms with Crippen molar-refractivity contribution in [2.75, 3.05) is 32.7 Å². The van der Waals surface area contributed by atoms with Crippen LogP contribution in [0.25, 0.3) is 0 Å². The number of hydrogen-bond acceptors (Lipinski definition) is 4. The SMILES string of the molecule is CCN(CC)C(C)CNC(=O)C1CCN(C(=O)OC(C)(C)C)CC1. The summed E-state index contributed by atoms with van der Waals surface area (Å²) in [6.45, 7) is 15.8. The van der Waals surface area contributed by atoms with E-state index in [2.05, 4.69) is 31.0 Å². The summed E-state index contributed by atoms with van der Waals surface area (Å²) in [5.41, 5.74) is -0.480. The van der Waals surface area contributed by atoms with Gasteiger partial charge in [0.2, 0.25) is 5.91 Å². The van der Waals surface area contributed by atoms with Crippen molar-refractivity contribution in [1.29, 1.82) is 0 Å². The first-order valence-electron chi connectivity index (χ1n) is 9.17. The van der Waals surface area contributed by atoms with Gasteiger partial charge in [-0.3, -0.25) is 9.69 Å². The van der Waals surface area contributed by atoms with Crippen LogP contribution < -0.4 is 5.32 Å². The summed E-state index contributed by atoms with van der Waals surface area (Å²) >= 11 is 0. The van der Waals surface area contributed by atoms with Crippen molar-refractivity contribution < 1.29 is 14.3 Å². The Kier molecular flexibility index (Phi) is 8.00. The van der Waals surface area contributed by atoms with Gasteiger partial charge in [0.15, 0.2) is 0 Å². The summed E-state index contributed by atoms with van der Waals surface area (Å²) in [7, 11) is 0. The third-order valence-corrected chi connectivity index (χ3v) is 4.52. The van der Waals surface area contributed by atoms with Crippen LogP contribution in [0.5, 0.6) is 0 Å². The lowest BCUT2D eigenvalue weighted by Gasteiger charge is -2.33. The lowest BCUT2D eigenvalue weighted by molar-refractivity contribution is -0.126. The summed E-state index contributed by atoms with van der Waals surface area (Å²) in [6.07, 6.45) is 1.12. The number of carbonyl (C=O) groups excluding carboxylic acids is 2. The topological polar surface area (TPSA) is 61.9 Å². The van der Waals surface area contributed by atoms with Crippen LogP contribution in [0, 0.1) is 5.92 Å². The molecule has 0 saturated carbocycles. The van der Waals surface area contributed by atoms with Crippen LogP contribution in [0.4, 0.5) is 4.79 Å². The maximum Gasteiger partial charge on any atom is 0.410 e. The lowest BCUT2D eigenvalue weighted by atomic mass is 9.96. The molecule has 1 rings (SSSR count). The molecule has 0 aliphatic carbocycles. The molecule has 0 spiro atoms. The molecule has 2 amide bonds. The number of hydrogen-bond donors (Lipinski definition) is 1. The number of rotatable bonds is 6. The van der Waals surface area contributed by atoms with Gasteiger partial charge < -0.3 is 15.0 Å². The first-order valence-corrected chi connectivity index (χ1v) is 9.17. The molecular weight excluding hydrogens is 306 g/mol. The van der Waals surface area contributed by atoms with Crippen LogP contribution in [-0.4, -0.2) is 66.2 Å². The molecule has 6 nitrogen and oxygen atoms in total. The second kappa shape index (κ2) is 9.25. The fourth-order valence-corrected chi connectivity index (χ4v) is 3.02. The van der Waals surface area contributed by atoms with Gasteiger partial charge in [-0.25, -0.2) is 4.79 Å². The minimum atomic E-state index is -0.480. The van der Waals surface area contributed by atoms with E-state index < -0.39 is 5.60 Å². The third kappa shape index (κ3) is 6.67. The number of likely N-dealkylation sites (tertiary alicyclic amines) is 1. The predicted octanol–water partition coefficient (Wildman–Crippen LogP) is 2.48. The Hall–Kier alpha value is -1.30. The first kappa shape index (κ1) is 20.7. The summed E-state index contributed by atoms with van der Waals surface area (Å²) in [4.78, 5) is 28.4. The van der Waals surface area contributed by atoms with E-state index in [0.29, 0.717) is 38.5 Å². The maximum absolute atomic E-state index is 12.3. The Morgan fingerprint density at radius 2 is 1.75 bits per heavy atom. The van der Waals surface area contributed by atoms with Gasteiger partial charge in [-0.05, 0) is 53.6 Å². The summed E-state index contributed by atoms with van der Waals surface area (Å²) in [6, 6.07) is 0.339. The Labute approximate surface area is 146 Å². The highest BCUT2D eigenvalue weighted by atomic mass is 16.6. The van der Waals surface area contributed by atoms with Gasteiger partial charge in [0.25, 0.3) is 0 Å². The molecule has 24 heavy (non-hydrogen) atoms. The average Bonchev–Trinajstić information content (AvgIpc) is 2.52. The molecule has 1 aliphatic heterocycles. The lowest BCUT2D eigenvalue weighted by Crippen LogP contribution is -2.47. The molecule has 1 N–H and O–H groups in total. The molecule has 0 radical (unpaired) electrons. The van der Waals surface area contributed by atoms with Gasteiger partial charge >= 0.3 is 6.09 Å². The number of piperidine rings is 1. The van der Waals surface area contributed by atoms with Gasteiger partial charge in [0.05, 0.1) is 0 Å². The second-order valence-corrected chi connectivity index (χ2v) is 7.56. The molecule has 140 valence electrons. The Bertz CT molecular complexity index is 408. The molecule has 1 atom stereocenters. The maximum atomic E-state index is 12.3. The van der Waals surface area contributed by atoms with Crippen molar-refractivity contribution in [3.8, 4) is 0 Å². The van der Waals surface area contributed by atoms with Crippen LogP contribution in [0.1, 0.15) is 54.4 Å². The summed E-state index contributed by atoms with van der Waals surface area (Å²) in [5, 5.41) is 3.07. The van der Waals surface area contributed by atoms with Gasteiger partial charge in [0.1, 0.15) is 5.60 Å². The molecule has 1 heterocycles. The van der Waals surface area contributed by atoms with Crippen LogP contribution in [-0.2, 0) is 9.53 Å². The van der Waals surface area contributed by atoms with Crippen LogP contribution in [0.15, 0.2) is 0 Å². The normalized spacial score (nSPS) is 17.7. The van der Waals surface area contributed by atoms with E-state index in [1.165, 1.54) is 0 Å². The average molecular weight is 341 g/mol. The highest BCUT2D eigenvalue weighted by Gasteiger charge is 2.30. The highest BCUT2D eigenvalue weighted by Crippen LogP contribution is 2.19. The summed E-state index contributed by atoms with van der Waals surface area (Å²) < 4.78 is 5.38. The number of nitrogens with zero attached hydrogens (tertiary/aromatic N) is 2. The molecule has 1 aliphatic rings. The van der Waals surface area contributed by atoms with E-state index in [0.717, 1.165) is 13.1 Å². The zero-order chi connectivity index (χ0) is 18.3. The monoisotopic (exact) mass is 341 g/mol. The van der Waals surface area contributed by atoms with Crippen molar-refractivity contribution in [3.63, 3.8) is 0 Å². The van der Waals surface area contributed by atoms with Gasteiger partial charge in [0, 0.05) is 31.6 Å². The first-order chi connectivity index (χ1) is 11.2. The van der Waals surface area contributed by atoms with Gasteiger partial charge in [-0.2, -0.15) is 0 Å². The van der Waals surface area contributed by atoms with E-state index in [4.69, 9.17) is 4.74 Å². The van der Waals surface area contributed by atoms with Crippen LogP contribution in [0.3, 0.4) is 0 Å². The molecular formula is C18H35N3O3. The Morgan fingerprint density at radius 1 is 1.21 bits per heavy atom.